The Bertz CT molecular complexity index is 1940. The van der Waals surface area contributed by atoms with E-state index in [0.29, 0.717) is 11.6 Å². The van der Waals surface area contributed by atoms with Crippen LogP contribution in [0.4, 0.5) is 0 Å². The maximum absolute atomic E-state index is 6.11. The Morgan fingerprint density at radius 2 is 1.70 bits per heavy atom. The zero-order valence-corrected chi connectivity index (χ0v) is 33.0. The van der Waals surface area contributed by atoms with Crippen LogP contribution in [0.25, 0.3) is 44.6 Å². The molecule has 4 aromatic heterocycles. The molecule has 2 aromatic carbocycles. The molecule has 0 bridgehead atoms. The minimum absolute atomic E-state index is 0. The Hall–Kier alpha value is -3.12. The van der Waals surface area contributed by atoms with Gasteiger partial charge in [0.2, 0.25) is 5.71 Å². The van der Waals surface area contributed by atoms with Crippen LogP contribution in [-0.4, -0.2) is 28.2 Å². The first-order chi connectivity index (χ1) is 22.2. The normalized spacial score (nSPS) is 13.5. The number of furan rings is 1. The molecule has 4 nitrogen and oxygen atoms in total. The zero-order valence-electron chi connectivity index (χ0n) is 28.5. The van der Waals surface area contributed by atoms with E-state index in [1.807, 2.05) is 49.5 Å². The first-order valence-corrected chi connectivity index (χ1v) is 24.1. The Morgan fingerprint density at radius 1 is 0.894 bits per heavy atom. The average Bonchev–Trinajstić information content (AvgIpc) is 3.68. The van der Waals surface area contributed by atoms with Crippen molar-refractivity contribution in [3.63, 3.8) is 0 Å². The van der Waals surface area contributed by atoms with Gasteiger partial charge in [-0.05, 0) is 43.2 Å². The Morgan fingerprint density at radius 3 is 2.43 bits per heavy atom. The van der Waals surface area contributed by atoms with Crippen LogP contribution in [0.3, 0.4) is 0 Å². The van der Waals surface area contributed by atoms with Crippen LogP contribution in [0.1, 0.15) is 56.4 Å². The van der Waals surface area contributed by atoms with Gasteiger partial charge in [0.05, 0.1) is 5.58 Å². The van der Waals surface area contributed by atoms with E-state index >= 15 is 0 Å². The monoisotopic (exact) mass is 862 g/mol. The fourth-order valence-electron chi connectivity index (χ4n) is 6.67. The summed E-state index contributed by atoms with van der Waals surface area (Å²) < 4.78 is 7.65. The van der Waals surface area contributed by atoms with Gasteiger partial charge in [-0.1, -0.05) is 48.3 Å². The number of fused-ring (bicyclic) bond motifs is 3. The van der Waals surface area contributed by atoms with Gasteiger partial charge in [0.1, 0.15) is 0 Å². The molecule has 6 aromatic rings. The van der Waals surface area contributed by atoms with E-state index in [-0.39, 0.29) is 20.1 Å². The van der Waals surface area contributed by atoms with E-state index < -0.39 is 13.3 Å². The molecule has 7 rings (SSSR count). The smallest absolute Gasteiger partial charge is 0.216 e. The summed E-state index contributed by atoms with van der Waals surface area (Å²) in [6.07, 6.45) is 11.8. The fourth-order valence-corrected chi connectivity index (χ4v) is 10.0. The Balaban J connectivity index is 0.000000188. The van der Waals surface area contributed by atoms with E-state index in [1.54, 1.807) is 4.40 Å². The molecule has 6 heteroatoms. The number of pyridine rings is 3. The molecule has 1 aliphatic carbocycles. The molecule has 1 saturated carbocycles. The third kappa shape index (κ3) is 8.49. The number of benzene rings is 2. The van der Waals surface area contributed by atoms with Crippen molar-refractivity contribution in [1.29, 1.82) is 0 Å². The number of hydrogen-bond acceptors (Lipinski definition) is 4. The van der Waals surface area contributed by atoms with Crippen molar-refractivity contribution >= 4 is 39.7 Å². The predicted octanol–water partition coefficient (Wildman–Crippen LogP) is 10.2. The average molecular weight is 861 g/mol. The minimum atomic E-state index is -1.86. The molecule has 0 atom stereocenters. The van der Waals surface area contributed by atoms with Crippen LogP contribution >= 0.6 is 0 Å². The molecule has 0 N–H and O–H groups in total. The molecular weight excluding hydrogens is 815 g/mol. The fraction of sp³-hybridized carbons (Fsp3) is 0.341. The van der Waals surface area contributed by atoms with Crippen molar-refractivity contribution in [3.05, 3.63) is 108 Å². The van der Waals surface area contributed by atoms with Crippen LogP contribution in [0.15, 0.2) is 83.5 Å². The molecular formula is C41H45GeIrN3O-2. The van der Waals surface area contributed by atoms with Crippen LogP contribution in [0.5, 0.6) is 0 Å². The molecule has 4 heterocycles. The summed E-state index contributed by atoms with van der Waals surface area (Å²) in [5.74, 6) is 8.82. The summed E-state index contributed by atoms with van der Waals surface area (Å²) in [5, 5.41) is 2.12. The molecule has 0 amide bonds. The molecule has 0 aliphatic heterocycles. The molecule has 1 radical (unpaired) electrons. The Labute approximate surface area is 296 Å². The number of aromatic nitrogens is 3. The van der Waals surface area contributed by atoms with Crippen molar-refractivity contribution in [2.24, 2.45) is 11.8 Å². The van der Waals surface area contributed by atoms with Gasteiger partial charge < -0.3 is 9.40 Å². The third-order valence-electron chi connectivity index (χ3n) is 8.93. The van der Waals surface area contributed by atoms with Gasteiger partial charge in [-0.3, -0.25) is 0 Å². The number of hydrogen-bond donors (Lipinski definition) is 0. The summed E-state index contributed by atoms with van der Waals surface area (Å²) in [4.78, 5) is 13.8. The zero-order chi connectivity index (χ0) is 32.3. The second kappa shape index (κ2) is 15.4. The second-order valence-electron chi connectivity index (χ2n) is 14.3. The minimum Gasteiger partial charge on any atom is -0.486 e. The van der Waals surface area contributed by atoms with Crippen LogP contribution in [0.2, 0.25) is 17.3 Å². The summed E-state index contributed by atoms with van der Waals surface area (Å²) in [7, 11) is 0. The molecule has 0 unspecified atom stereocenters. The van der Waals surface area contributed by atoms with Gasteiger partial charge in [-0.2, -0.15) is 0 Å². The van der Waals surface area contributed by atoms with E-state index in [2.05, 4.69) is 89.7 Å². The SMILES string of the molecule is CC(C)Cc1cc(-c2[c-]cccc2)nc[c]1[Ge]([CH3])([CH3])[CH3].Cc1ccc2c(n1)oc1c(-c3cc(CC4CCCC4)ccn3)[c-]ccc12.[Ir]. The molecule has 245 valence electrons. The van der Waals surface area contributed by atoms with Gasteiger partial charge in [-0.15, -0.1) is 18.2 Å². The van der Waals surface area contributed by atoms with E-state index in [9.17, 15) is 0 Å². The first-order valence-electron chi connectivity index (χ1n) is 16.8. The second-order valence-corrected chi connectivity index (χ2v) is 24.8. The Kier molecular flexibility index (Phi) is 11.5. The largest absolute Gasteiger partial charge is 0.486 e. The van der Waals surface area contributed by atoms with E-state index in [0.717, 1.165) is 63.3 Å². The van der Waals surface area contributed by atoms with Gasteiger partial charge in [0.25, 0.3) is 0 Å². The summed E-state index contributed by atoms with van der Waals surface area (Å²) in [6.45, 7) is 6.55. The molecule has 47 heavy (non-hydrogen) atoms. The molecule has 1 fully saturated rings. The van der Waals surface area contributed by atoms with Gasteiger partial charge in [0, 0.05) is 37.4 Å². The molecule has 1 aliphatic rings. The quantitative estimate of drug-likeness (QED) is 0.119. The maximum Gasteiger partial charge on any atom is 0.216 e. The summed E-state index contributed by atoms with van der Waals surface area (Å²) in [6, 6.07) is 29.4. The summed E-state index contributed by atoms with van der Waals surface area (Å²) in [5.41, 5.74) is 9.32. The van der Waals surface area contributed by atoms with Crippen LogP contribution in [-0.2, 0) is 32.9 Å². The van der Waals surface area contributed by atoms with E-state index in [4.69, 9.17) is 9.40 Å². The van der Waals surface area contributed by atoms with Gasteiger partial charge in [0.15, 0.2) is 0 Å². The topological polar surface area (TPSA) is 51.8 Å². The maximum atomic E-state index is 6.11. The van der Waals surface area contributed by atoms with E-state index in [1.165, 1.54) is 36.8 Å². The van der Waals surface area contributed by atoms with Crippen LogP contribution < -0.4 is 4.40 Å². The summed E-state index contributed by atoms with van der Waals surface area (Å²) >= 11 is -1.86. The van der Waals surface area contributed by atoms with Crippen molar-refractivity contribution in [2.45, 2.75) is 76.6 Å². The van der Waals surface area contributed by atoms with Crippen molar-refractivity contribution in [1.82, 2.24) is 15.0 Å². The molecule has 0 spiro atoms. The first kappa shape index (κ1) is 35.2. The predicted molar refractivity (Wildman–Crippen MR) is 194 cm³/mol. The standard InChI is InChI=1S/C23H21N2O.C18H24GeN.Ir/c1-15-9-10-19-18-7-4-8-20(22(18)26-23(19)25-15)21-14-17(11-12-24-21)13-16-5-2-3-6-16;1-14(2)11-16-12-18(15-9-7-6-8-10-15)20-13-17(16)19(3,4)5;/h4,7,9-12,14,16H,2-3,5-6,13H2,1H3;6-9,12-14H,11H2,1-5H3;/q2*-1;. The van der Waals surface area contributed by atoms with Crippen molar-refractivity contribution < 1.29 is 24.5 Å². The third-order valence-corrected chi connectivity index (χ3v) is 13.3. The number of nitrogens with zero attached hydrogens (tertiary/aromatic N) is 3. The number of rotatable bonds is 7. The number of aryl methyl sites for hydroxylation is 1. The van der Waals surface area contributed by atoms with Gasteiger partial charge >= 0.3 is 126 Å². The van der Waals surface area contributed by atoms with Crippen molar-refractivity contribution in [2.75, 3.05) is 0 Å². The molecule has 0 saturated heterocycles. The van der Waals surface area contributed by atoms with Crippen molar-refractivity contribution in [3.8, 4) is 22.5 Å². The van der Waals surface area contributed by atoms with Gasteiger partial charge in [-0.25, -0.2) is 4.98 Å². The van der Waals surface area contributed by atoms with Crippen LogP contribution in [0, 0.1) is 30.9 Å².